The Balaban J connectivity index is 2.31. The van der Waals surface area contributed by atoms with E-state index in [-0.39, 0.29) is 18.3 Å². The van der Waals surface area contributed by atoms with Gasteiger partial charge >= 0.3 is 5.97 Å². The van der Waals surface area contributed by atoms with Crippen LogP contribution in [0.15, 0.2) is 18.3 Å². The van der Waals surface area contributed by atoms with Gasteiger partial charge in [0.1, 0.15) is 11.3 Å². The molecule has 0 atom stereocenters. The summed E-state index contributed by atoms with van der Waals surface area (Å²) in [5.74, 6) is -0.464. The van der Waals surface area contributed by atoms with Crippen LogP contribution in [0.2, 0.25) is 5.02 Å². The average molecular weight is 352 g/mol. The van der Waals surface area contributed by atoms with E-state index in [9.17, 15) is 9.59 Å². The number of nitrogens with zero attached hydrogens (tertiary/aromatic N) is 3. The third-order valence-corrected chi connectivity index (χ3v) is 3.98. The van der Waals surface area contributed by atoms with Crippen LogP contribution in [-0.2, 0) is 16.0 Å². The van der Waals surface area contributed by atoms with E-state index >= 15 is 0 Å². The van der Waals surface area contributed by atoms with E-state index in [4.69, 9.17) is 16.3 Å². The zero-order valence-electron chi connectivity index (χ0n) is 14.2. The second kappa shape index (κ2) is 8.15. The first kappa shape index (κ1) is 18.3. The molecule has 0 spiro atoms. The van der Waals surface area contributed by atoms with Crippen molar-refractivity contribution in [3.8, 4) is 0 Å². The van der Waals surface area contributed by atoms with Crippen molar-refractivity contribution in [3.63, 3.8) is 0 Å². The molecule has 130 valence electrons. The Morgan fingerprint density at radius 2 is 2.04 bits per heavy atom. The molecule has 7 heteroatoms. The molecule has 2 aromatic heterocycles. The lowest BCUT2D eigenvalue weighted by Gasteiger charge is -2.20. The van der Waals surface area contributed by atoms with E-state index in [0.717, 1.165) is 5.69 Å². The molecule has 0 unspecified atom stereocenters. The van der Waals surface area contributed by atoms with Gasteiger partial charge in [-0.15, -0.1) is 0 Å². The first-order valence-electron chi connectivity index (χ1n) is 8.13. The van der Waals surface area contributed by atoms with Crippen LogP contribution in [0.5, 0.6) is 0 Å². The number of ether oxygens (including phenoxy) is 1. The summed E-state index contributed by atoms with van der Waals surface area (Å²) in [5, 5.41) is 0.533. The standard InChI is InChI=1S/C17H22ClN3O3/c1-4-13-16(21-11-12(18)7-8-14(21)19-13)17(23)20(5-2)10-9-15(22)24-6-3/h7-8,11H,4-6,9-10H2,1-3H3. The fourth-order valence-corrected chi connectivity index (χ4v) is 2.71. The average Bonchev–Trinajstić information content (AvgIpc) is 2.93. The molecule has 0 saturated carbocycles. The number of imidazole rings is 1. The topological polar surface area (TPSA) is 63.9 Å². The fraction of sp³-hybridized carbons (Fsp3) is 0.471. The van der Waals surface area contributed by atoms with Crippen LogP contribution in [-0.4, -0.2) is 45.9 Å². The minimum atomic E-state index is -0.305. The van der Waals surface area contributed by atoms with Gasteiger partial charge in [0.15, 0.2) is 0 Å². The van der Waals surface area contributed by atoms with Crippen LogP contribution in [0.25, 0.3) is 5.65 Å². The van der Waals surface area contributed by atoms with Gasteiger partial charge in [-0.25, -0.2) is 4.98 Å². The fourth-order valence-electron chi connectivity index (χ4n) is 2.55. The number of pyridine rings is 1. The van der Waals surface area contributed by atoms with Crippen LogP contribution in [0.1, 0.15) is 43.4 Å². The number of rotatable bonds is 7. The molecule has 0 fully saturated rings. The molecule has 0 saturated heterocycles. The van der Waals surface area contributed by atoms with Gasteiger partial charge in [0.2, 0.25) is 0 Å². The zero-order chi connectivity index (χ0) is 17.7. The van der Waals surface area contributed by atoms with E-state index in [1.165, 1.54) is 0 Å². The highest BCUT2D eigenvalue weighted by Crippen LogP contribution is 2.19. The molecule has 2 rings (SSSR count). The molecular formula is C17H22ClN3O3. The summed E-state index contributed by atoms with van der Waals surface area (Å²) < 4.78 is 6.64. The first-order valence-corrected chi connectivity index (χ1v) is 8.50. The first-order chi connectivity index (χ1) is 11.5. The number of carbonyl (C=O) groups excluding carboxylic acids is 2. The van der Waals surface area contributed by atoms with Crippen molar-refractivity contribution in [2.45, 2.75) is 33.6 Å². The van der Waals surface area contributed by atoms with Gasteiger partial charge < -0.3 is 9.64 Å². The number of halogens is 1. The number of hydrogen-bond acceptors (Lipinski definition) is 4. The summed E-state index contributed by atoms with van der Waals surface area (Å²) in [5.41, 5.74) is 1.90. The Labute approximate surface area is 146 Å². The molecule has 0 aliphatic rings. The highest BCUT2D eigenvalue weighted by molar-refractivity contribution is 6.30. The van der Waals surface area contributed by atoms with Gasteiger partial charge in [0, 0.05) is 19.3 Å². The second-order valence-corrected chi connectivity index (χ2v) is 5.71. The molecule has 2 aromatic rings. The summed E-state index contributed by atoms with van der Waals surface area (Å²) in [4.78, 5) is 30.7. The van der Waals surface area contributed by atoms with Crippen LogP contribution < -0.4 is 0 Å². The Morgan fingerprint density at radius 3 is 2.67 bits per heavy atom. The van der Waals surface area contributed by atoms with Crippen LogP contribution >= 0.6 is 11.6 Å². The molecule has 0 aromatic carbocycles. The minimum Gasteiger partial charge on any atom is -0.466 e. The summed E-state index contributed by atoms with van der Waals surface area (Å²) in [6.45, 7) is 6.74. The number of fused-ring (bicyclic) bond motifs is 1. The SMILES string of the molecule is CCOC(=O)CCN(CC)C(=O)c1c(CC)nc2ccc(Cl)cn12. The normalized spacial score (nSPS) is 10.8. The van der Waals surface area contributed by atoms with Crippen LogP contribution in [0, 0.1) is 0 Å². The van der Waals surface area contributed by atoms with E-state index in [0.29, 0.717) is 42.5 Å². The van der Waals surface area contributed by atoms with Gasteiger partial charge in [-0.3, -0.25) is 14.0 Å². The number of carbonyl (C=O) groups is 2. The molecule has 0 bridgehead atoms. The molecule has 6 nitrogen and oxygen atoms in total. The molecule has 1 amide bonds. The summed E-state index contributed by atoms with van der Waals surface area (Å²) in [6.07, 6.45) is 2.50. The third-order valence-electron chi connectivity index (χ3n) is 3.75. The minimum absolute atomic E-state index is 0.159. The Bertz CT molecular complexity index is 742. The Kier molecular flexibility index (Phi) is 6.20. The van der Waals surface area contributed by atoms with Gasteiger partial charge in [-0.1, -0.05) is 18.5 Å². The van der Waals surface area contributed by atoms with Gasteiger partial charge in [-0.2, -0.15) is 0 Å². The maximum Gasteiger partial charge on any atom is 0.307 e. The van der Waals surface area contributed by atoms with E-state index in [1.54, 1.807) is 34.6 Å². The number of hydrogen-bond donors (Lipinski definition) is 0. The van der Waals surface area contributed by atoms with Crippen LogP contribution in [0.4, 0.5) is 0 Å². The summed E-state index contributed by atoms with van der Waals surface area (Å²) >= 11 is 6.06. The van der Waals surface area contributed by atoms with Crippen molar-refractivity contribution in [1.29, 1.82) is 0 Å². The molecule has 24 heavy (non-hydrogen) atoms. The zero-order valence-corrected chi connectivity index (χ0v) is 15.0. The van der Waals surface area contributed by atoms with Crippen molar-refractivity contribution in [2.24, 2.45) is 0 Å². The number of amides is 1. The van der Waals surface area contributed by atoms with Crippen molar-refractivity contribution < 1.29 is 14.3 Å². The number of aryl methyl sites for hydroxylation is 1. The molecule has 0 aliphatic heterocycles. The van der Waals surface area contributed by atoms with E-state index in [1.807, 2.05) is 13.8 Å². The molecule has 0 aliphatic carbocycles. The van der Waals surface area contributed by atoms with Gasteiger partial charge in [0.25, 0.3) is 5.91 Å². The predicted molar refractivity (Wildman–Crippen MR) is 92.4 cm³/mol. The maximum atomic E-state index is 13.0. The highest BCUT2D eigenvalue weighted by atomic mass is 35.5. The van der Waals surface area contributed by atoms with Gasteiger partial charge in [-0.05, 0) is 32.4 Å². The lowest BCUT2D eigenvalue weighted by molar-refractivity contribution is -0.143. The summed E-state index contributed by atoms with van der Waals surface area (Å²) in [7, 11) is 0. The number of aromatic nitrogens is 2. The summed E-state index contributed by atoms with van der Waals surface area (Å²) in [6, 6.07) is 3.53. The monoisotopic (exact) mass is 351 g/mol. The smallest absolute Gasteiger partial charge is 0.307 e. The predicted octanol–water partition coefficient (Wildman–Crippen LogP) is 2.97. The van der Waals surface area contributed by atoms with Crippen molar-refractivity contribution in [3.05, 3.63) is 34.7 Å². The van der Waals surface area contributed by atoms with Crippen molar-refractivity contribution in [2.75, 3.05) is 19.7 Å². The molecular weight excluding hydrogens is 330 g/mol. The van der Waals surface area contributed by atoms with Crippen molar-refractivity contribution in [1.82, 2.24) is 14.3 Å². The Morgan fingerprint density at radius 1 is 1.29 bits per heavy atom. The molecule has 0 radical (unpaired) electrons. The number of esters is 1. The second-order valence-electron chi connectivity index (χ2n) is 5.28. The third kappa shape index (κ3) is 3.87. The van der Waals surface area contributed by atoms with Crippen molar-refractivity contribution >= 4 is 29.1 Å². The lowest BCUT2D eigenvalue weighted by atomic mass is 10.2. The lowest BCUT2D eigenvalue weighted by Crippen LogP contribution is -2.34. The van der Waals surface area contributed by atoms with E-state index in [2.05, 4.69) is 4.98 Å². The molecule has 2 heterocycles. The highest BCUT2D eigenvalue weighted by Gasteiger charge is 2.23. The Hall–Kier alpha value is -2.08. The maximum absolute atomic E-state index is 13.0. The largest absolute Gasteiger partial charge is 0.466 e. The van der Waals surface area contributed by atoms with Gasteiger partial charge in [0.05, 0.1) is 23.7 Å². The molecule has 0 N–H and O–H groups in total. The van der Waals surface area contributed by atoms with E-state index < -0.39 is 0 Å². The quantitative estimate of drug-likeness (QED) is 0.719. The van der Waals surface area contributed by atoms with Crippen LogP contribution in [0.3, 0.4) is 0 Å².